The van der Waals surface area contributed by atoms with Crippen molar-refractivity contribution in [2.75, 3.05) is 0 Å². The molecule has 13 heavy (non-hydrogen) atoms. The van der Waals surface area contributed by atoms with E-state index in [0.717, 1.165) is 6.07 Å². The summed E-state index contributed by atoms with van der Waals surface area (Å²) in [5, 5.41) is 13.2. The van der Waals surface area contributed by atoms with Crippen LogP contribution < -0.4 is 5.73 Å². The topological polar surface area (TPSA) is 87.0 Å². The summed E-state index contributed by atoms with van der Waals surface area (Å²) < 4.78 is 24.5. The molecule has 0 amide bonds. The van der Waals surface area contributed by atoms with Gasteiger partial charge in [0.2, 0.25) is 0 Å². The fourth-order valence-corrected chi connectivity index (χ4v) is 0.829. The molecule has 0 spiro atoms. The lowest BCUT2D eigenvalue weighted by Gasteiger charge is -1.96. The van der Waals surface area contributed by atoms with E-state index < -0.39 is 17.3 Å². The quantitative estimate of drug-likeness (QED) is 0.562. The van der Waals surface area contributed by atoms with E-state index in [9.17, 15) is 18.9 Å². The van der Waals surface area contributed by atoms with Gasteiger partial charge in [-0.1, -0.05) is 0 Å². The van der Waals surface area contributed by atoms with Crippen molar-refractivity contribution >= 4 is 5.82 Å². The Balaban J connectivity index is 3.11. The van der Waals surface area contributed by atoms with Crippen LogP contribution in [0.1, 0.15) is 12.2 Å². The van der Waals surface area contributed by atoms with Gasteiger partial charge in [-0.15, -0.1) is 4.68 Å². The second-order valence-corrected chi connectivity index (χ2v) is 2.18. The average Bonchev–Trinajstić information content (AvgIpc) is 2.47. The molecule has 0 bridgehead atoms. The molecule has 1 aromatic rings. The molecular formula is C5H6F2N4O2. The van der Waals surface area contributed by atoms with Crippen molar-refractivity contribution in [3.63, 3.8) is 0 Å². The van der Waals surface area contributed by atoms with Crippen molar-refractivity contribution in [2.45, 2.75) is 13.1 Å². The van der Waals surface area contributed by atoms with E-state index in [1.165, 1.54) is 0 Å². The minimum absolute atomic E-state index is 0.0679. The Morgan fingerprint density at radius 1 is 1.77 bits per heavy atom. The lowest BCUT2D eigenvalue weighted by Crippen LogP contribution is -2.09. The number of aromatic nitrogens is 2. The van der Waals surface area contributed by atoms with Crippen LogP contribution >= 0.6 is 0 Å². The molecule has 0 fully saturated rings. The van der Waals surface area contributed by atoms with Crippen LogP contribution in [0.15, 0.2) is 6.07 Å². The lowest BCUT2D eigenvalue weighted by molar-refractivity contribution is -0.390. The maximum Gasteiger partial charge on any atom is 0.390 e. The SMILES string of the molecule is NCc1cc([N+](=O)[O-])nn1C(F)F. The number of nitrogens with two attached hydrogens (primary N) is 1. The van der Waals surface area contributed by atoms with E-state index in [1.807, 2.05) is 0 Å². The molecule has 0 saturated carbocycles. The van der Waals surface area contributed by atoms with Gasteiger partial charge in [-0.25, -0.2) is 0 Å². The summed E-state index contributed by atoms with van der Waals surface area (Å²) >= 11 is 0. The number of hydrogen-bond acceptors (Lipinski definition) is 4. The van der Waals surface area contributed by atoms with E-state index in [2.05, 4.69) is 5.10 Å². The predicted octanol–water partition coefficient (Wildman–Crippen LogP) is 0.645. The van der Waals surface area contributed by atoms with E-state index in [0.29, 0.717) is 0 Å². The van der Waals surface area contributed by atoms with Gasteiger partial charge in [0, 0.05) is 6.54 Å². The van der Waals surface area contributed by atoms with E-state index >= 15 is 0 Å². The largest absolute Gasteiger partial charge is 0.390 e. The summed E-state index contributed by atoms with van der Waals surface area (Å²) in [5.74, 6) is -0.624. The molecule has 2 N–H and O–H groups in total. The summed E-state index contributed by atoms with van der Waals surface area (Å²) in [6, 6.07) is 0.923. The summed E-state index contributed by atoms with van der Waals surface area (Å²) in [6.07, 6.45) is 0. The average molecular weight is 192 g/mol. The van der Waals surface area contributed by atoms with Crippen LogP contribution in [0.2, 0.25) is 0 Å². The molecule has 72 valence electrons. The summed E-state index contributed by atoms with van der Waals surface area (Å²) in [6.45, 7) is -3.13. The fraction of sp³-hybridized carbons (Fsp3) is 0.400. The molecule has 1 heterocycles. The van der Waals surface area contributed by atoms with Gasteiger partial charge in [0.15, 0.2) is 0 Å². The number of nitro groups is 1. The van der Waals surface area contributed by atoms with Crippen molar-refractivity contribution < 1.29 is 13.7 Å². The second-order valence-electron chi connectivity index (χ2n) is 2.18. The Labute approximate surface area is 71.1 Å². The highest BCUT2D eigenvalue weighted by atomic mass is 19.3. The minimum atomic E-state index is -2.91. The third-order valence-corrected chi connectivity index (χ3v) is 1.38. The fourth-order valence-electron chi connectivity index (χ4n) is 0.829. The molecular weight excluding hydrogens is 186 g/mol. The van der Waals surface area contributed by atoms with Crippen LogP contribution in [0.25, 0.3) is 0 Å². The highest BCUT2D eigenvalue weighted by molar-refractivity contribution is 5.21. The molecule has 1 rings (SSSR count). The molecule has 0 aromatic carbocycles. The molecule has 6 nitrogen and oxygen atoms in total. The first-order chi connectivity index (χ1) is 6.06. The number of halogens is 2. The van der Waals surface area contributed by atoms with Gasteiger partial charge < -0.3 is 15.8 Å². The third kappa shape index (κ3) is 1.78. The van der Waals surface area contributed by atoms with Gasteiger partial charge in [-0.3, -0.25) is 0 Å². The molecule has 0 aliphatic rings. The zero-order chi connectivity index (χ0) is 10.0. The van der Waals surface area contributed by atoms with Gasteiger partial charge in [-0.05, 0) is 4.92 Å². The highest BCUT2D eigenvalue weighted by Gasteiger charge is 2.22. The van der Waals surface area contributed by atoms with Gasteiger partial charge in [-0.2, -0.15) is 8.78 Å². The number of rotatable bonds is 3. The van der Waals surface area contributed by atoms with Gasteiger partial charge in [0.1, 0.15) is 0 Å². The minimum Gasteiger partial charge on any atom is -0.358 e. The molecule has 0 aliphatic heterocycles. The first-order valence-electron chi connectivity index (χ1n) is 3.27. The first-order valence-corrected chi connectivity index (χ1v) is 3.27. The lowest BCUT2D eigenvalue weighted by atomic mass is 10.4. The van der Waals surface area contributed by atoms with Crippen molar-refractivity contribution in [3.05, 3.63) is 21.9 Å². The Morgan fingerprint density at radius 3 is 2.69 bits per heavy atom. The van der Waals surface area contributed by atoms with Crippen molar-refractivity contribution in [1.82, 2.24) is 9.78 Å². The number of alkyl halides is 2. The summed E-state index contributed by atoms with van der Waals surface area (Å²) in [5.41, 5.74) is 5.02. The third-order valence-electron chi connectivity index (χ3n) is 1.38. The maximum absolute atomic E-state index is 12.1. The van der Waals surface area contributed by atoms with Crippen LogP contribution in [0.3, 0.4) is 0 Å². The van der Waals surface area contributed by atoms with E-state index in [4.69, 9.17) is 5.73 Å². The van der Waals surface area contributed by atoms with Gasteiger partial charge in [0.05, 0.1) is 16.9 Å². The smallest absolute Gasteiger partial charge is 0.358 e. The standard InChI is InChI=1S/C5H6F2N4O2/c6-5(7)10-3(2-8)1-4(9-10)11(12)13/h1,5H,2,8H2. The second kappa shape index (κ2) is 3.44. The van der Waals surface area contributed by atoms with Crippen LogP contribution in [0.5, 0.6) is 0 Å². The van der Waals surface area contributed by atoms with Gasteiger partial charge >= 0.3 is 12.4 Å². The Morgan fingerprint density at radius 2 is 2.38 bits per heavy atom. The zero-order valence-electron chi connectivity index (χ0n) is 6.35. The molecule has 0 saturated heterocycles. The van der Waals surface area contributed by atoms with Crippen LogP contribution in [0.4, 0.5) is 14.6 Å². The number of nitrogens with zero attached hydrogens (tertiary/aromatic N) is 3. The Bertz CT molecular complexity index is 324. The van der Waals surface area contributed by atoms with Crippen molar-refractivity contribution in [3.8, 4) is 0 Å². The zero-order valence-corrected chi connectivity index (χ0v) is 6.35. The normalized spacial score (nSPS) is 10.8. The van der Waals surface area contributed by atoms with Crippen LogP contribution in [-0.4, -0.2) is 14.7 Å². The predicted molar refractivity (Wildman–Crippen MR) is 38.0 cm³/mol. The molecule has 8 heteroatoms. The van der Waals surface area contributed by atoms with Crippen LogP contribution in [-0.2, 0) is 6.54 Å². The van der Waals surface area contributed by atoms with Crippen LogP contribution in [0, 0.1) is 10.1 Å². The summed E-state index contributed by atoms with van der Waals surface area (Å²) in [4.78, 5) is 9.30. The maximum atomic E-state index is 12.1. The van der Waals surface area contributed by atoms with Gasteiger partial charge in [0.25, 0.3) is 0 Å². The molecule has 1 aromatic heterocycles. The first kappa shape index (κ1) is 9.52. The molecule has 0 unspecified atom stereocenters. The Hall–Kier alpha value is -1.57. The monoisotopic (exact) mass is 192 g/mol. The van der Waals surface area contributed by atoms with E-state index in [-0.39, 0.29) is 16.9 Å². The molecule has 0 radical (unpaired) electrons. The molecule has 0 atom stereocenters. The summed E-state index contributed by atoms with van der Waals surface area (Å²) in [7, 11) is 0. The molecule has 0 aliphatic carbocycles. The van der Waals surface area contributed by atoms with E-state index in [1.54, 1.807) is 0 Å². The Kier molecular flexibility index (Phi) is 2.52. The van der Waals surface area contributed by atoms with Crippen molar-refractivity contribution in [1.29, 1.82) is 0 Å². The van der Waals surface area contributed by atoms with Crippen molar-refractivity contribution in [2.24, 2.45) is 5.73 Å². The highest BCUT2D eigenvalue weighted by Crippen LogP contribution is 2.17. The number of hydrogen-bond donors (Lipinski definition) is 1.